The molecule has 0 aromatic heterocycles. The Labute approximate surface area is 106 Å². The molecule has 0 N–H and O–H groups in total. The molecule has 0 aliphatic carbocycles. The topological polar surface area (TPSA) is 0 Å². The van der Waals surface area contributed by atoms with E-state index in [4.69, 9.17) is 11.6 Å². The lowest BCUT2D eigenvalue weighted by Crippen LogP contribution is -2.06. The van der Waals surface area contributed by atoms with Gasteiger partial charge in [-0.3, -0.25) is 0 Å². The molecule has 0 atom stereocenters. The second kappa shape index (κ2) is 4.61. The van der Waals surface area contributed by atoms with Crippen molar-refractivity contribution in [1.29, 1.82) is 0 Å². The molecule has 0 aliphatic heterocycles. The number of halogens is 5. The van der Waals surface area contributed by atoms with E-state index in [2.05, 4.69) is 0 Å². The predicted octanol–water partition coefficient (Wildman–Crippen LogP) is 5.16. The molecule has 0 aliphatic rings. The summed E-state index contributed by atoms with van der Waals surface area (Å²) in [6.45, 7) is 0. The van der Waals surface area contributed by atoms with E-state index < -0.39 is 22.6 Å². The summed E-state index contributed by atoms with van der Waals surface area (Å²) in [7, 11) is 0. The van der Waals surface area contributed by atoms with E-state index in [1.54, 1.807) is 0 Å². The molecule has 2 aromatic carbocycles. The van der Waals surface area contributed by atoms with Crippen molar-refractivity contribution in [3.05, 3.63) is 58.9 Å². The van der Waals surface area contributed by atoms with E-state index in [9.17, 15) is 17.6 Å². The third-order valence-corrected chi connectivity index (χ3v) is 2.85. The zero-order chi connectivity index (χ0) is 13.3. The number of hydrogen-bond donors (Lipinski definition) is 0. The fraction of sp³-hybridized carbons (Fsp3) is 0.0769. The van der Waals surface area contributed by atoms with Crippen molar-refractivity contribution >= 4 is 11.6 Å². The van der Waals surface area contributed by atoms with Crippen LogP contribution in [0, 0.1) is 5.82 Å². The number of rotatable bonds is 1. The van der Waals surface area contributed by atoms with Gasteiger partial charge in [0.2, 0.25) is 0 Å². The van der Waals surface area contributed by atoms with Gasteiger partial charge in [0.15, 0.2) is 0 Å². The molecule has 0 unspecified atom stereocenters. The lowest BCUT2D eigenvalue weighted by atomic mass is 10.0. The van der Waals surface area contributed by atoms with E-state index in [1.165, 1.54) is 30.3 Å². The molecule has 94 valence electrons. The Balaban J connectivity index is 2.60. The van der Waals surface area contributed by atoms with Crippen LogP contribution >= 0.6 is 11.6 Å². The summed E-state index contributed by atoms with van der Waals surface area (Å²) in [6, 6.07) is 8.84. The zero-order valence-electron chi connectivity index (χ0n) is 8.93. The molecule has 0 saturated heterocycles. The van der Waals surface area contributed by atoms with Gasteiger partial charge in [0, 0.05) is 5.56 Å². The van der Waals surface area contributed by atoms with Crippen LogP contribution in [0.15, 0.2) is 42.5 Å². The van der Waals surface area contributed by atoms with Crippen LogP contribution in [0.4, 0.5) is 17.6 Å². The Hall–Kier alpha value is -1.55. The summed E-state index contributed by atoms with van der Waals surface area (Å²) in [5, 5.41) is -0.421. The molecule has 2 rings (SSSR count). The minimum Gasteiger partial charge on any atom is -0.207 e. The van der Waals surface area contributed by atoms with E-state index in [1.807, 2.05) is 0 Å². The molecule has 0 spiro atoms. The molecule has 0 heterocycles. The molecule has 2 aromatic rings. The van der Waals surface area contributed by atoms with Crippen LogP contribution in [0.1, 0.15) is 5.56 Å². The summed E-state index contributed by atoms with van der Waals surface area (Å²) in [5.41, 5.74) is -0.456. The fourth-order valence-corrected chi connectivity index (χ4v) is 1.97. The molecular weight excluding hydrogens is 268 g/mol. The van der Waals surface area contributed by atoms with Crippen molar-refractivity contribution < 1.29 is 17.6 Å². The van der Waals surface area contributed by atoms with E-state index in [0.29, 0.717) is 5.56 Å². The normalized spacial score (nSPS) is 11.6. The van der Waals surface area contributed by atoms with Crippen LogP contribution in [0.3, 0.4) is 0 Å². The highest BCUT2D eigenvalue weighted by Crippen LogP contribution is 2.39. The van der Waals surface area contributed by atoms with Crippen molar-refractivity contribution in [3.63, 3.8) is 0 Å². The summed E-state index contributed by atoms with van der Waals surface area (Å²) in [4.78, 5) is 0. The van der Waals surface area contributed by atoms with Crippen LogP contribution < -0.4 is 0 Å². The first-order chi connectivity index (χ1) is 8.39. The van der Waals surface area contributed by atoms with E-state index in [-0.39, 0.29) is 5.56 Å². The molecule has 0 radical (unpaired) electrons. The van der Waals surface area contributed by atoms with Crippen LogP contribution in [0.2, 0.25) is 5.02 Å². The van der Waals surface area contributed by atoms with Crippen molar-refractivity contribution in [3.8, 4) is 11.1 Å². The SMILES string of the molecule is Fc1cccc(-c2cccc(C(F)(F)F)c2Cl)c1. The van der Waals surface area contributed by atoms with Gasteiger partial charge in [0.05, 0.1) is 10.6 Å². The lowest BCUT2D eigenvalue weighted by Gasteiger charge is -2.12. The summed E-state index contributed by atoms with van der Waals surface area (Å²) < 4.78 is 51.0. The van der Waals surface area contributed by atoms with Crippen LogP contribution in [-0.4, -0.2) is 0 Å². The predicted molar refractivity (Wildman–Crippen MR) is 61.8 cm³/mol. The van der Waals surface area contributed by atoms with Crippen molar-refractivity contribution in [1.82, 2.24) is 0 Å². The van der Waals surface area contributed by atoms with Gasteiger partial charge in [0.1, 0.15) is 5.82 Å². The Morgan fingerprint density at radius 3 is 2.22 bits per heavy atom. The van der Waals surface area contributed by atoms with Gasteiger partial charge in [0.25, 0.3) is 0 Å². The highest BCUT2D eigenvalue weighted by molar-refractivity contribution is 6.34. The molecule has 0 bridgehead atoms. The molecular formula is C13H7ClF4. The maximum Gasteiger partial charge on any atom is 0.417 e. The Kier molecular flexibility index (Phi) is 3.30. The first-order valence-electron chi connectivity index (χ1n) is 5.01. The fourth-order valence-electron chi connectivity index (χ4n) is 1.63. The average molecular weight is 275 g/mol. The van der Waals surface area contributed by atoms with Gasteiger partial charge in [-0.25, -0.2) is 4.39 Å². The van der Waals surface area contributed by atoms with Crippen molar-refractivity contribution in [2.75, 3.05) is 0 Å². The molecule has 18 heavy (non-hydrogen) atoms. The van der Waals surface area contributed by atoms with Gasteiger partial charge in [-0.1, -0.05) is 35.9 Å². The van der Waals surface area contributed by atoms with Crippen LogP contribution in [0.5, 0.6) is 0 Å². The van der Waals surface area contributed by atoms with Gasteiger partial charge in [-0.15, -0.1) is 0 Å². The van der Waals surface area contributed by atoms with E-state index in [0.717, 1.165) is 12.1 Å². The smallest absolute Gasteiger partial charge is 0.207 e. The highest BCUT2D eigenvalue weighted by atomic mass is 35.5. The van der Waals surface area contributed by atoms with Crippen LogP contribution in [-0.2, 0) is 6.18 Å². The van der Waals surface area contributed by atoms with E-state index >= 15 is 0 Å². The van der Waals surface area contributed by atoms with Gasteiger partial charge in [-0.2, -0.15) is 13.2 Å². The third-order valence-electron chi connectivity index (χ3n) is 2.44. The zero-order valence-corrected chi connectivity index (χ0v) is 9.69. The summed E-state index contributed by atoms with van der Waals surface area (Å²) in [6.07, 6.45) is -4.53. The molecule has 5 heteroatoms. The van der Waals surface area contributed by atoms with Gasteiger partial charge >= 0.3 is 6.18 Å². The summed E-state index contributed by atoms with van der Waals surface area (Å²) in [5.74, 6) is -0.527. The molecule has 0 saturated carbocycles. The Bertz CT molecular complexity index is 575. The highest BCUT2D eigenvalue weighted by Gasteiger charge is 2.33. The summed E-state index contributed by atoms with van der Waals surface area (Å²) >= 11 is 5.74. The van der Waals surface area contributed by atoms with Crippen LogP contribution in [0.25, 0.3) is 11.1 Å². The molecule has 0 amide bonds. The number of benzene rings is 2. The Morgan fingerprint density at radius 2 is 1.61 bits per heavy atom. The lowest BCUT2D eigenvalue weighted by molar-refractivity contribution is -0.137. The third kappa shape index (κ3) is 2.48. The quantitative estimate of drug-likeness (QED) is 0.630. The minimum atomic E-state index is -4.53. The largest absolute Gasteiger partial charge is 0.417 e. The minimum absolute atomic E-state index is 0.158. The van der Waals surface area contributed by atoms with Crippen molar-refractivity contribution in [2.24, 2.45) is 0 Å². The number of hydrogen-bond acceptors (Lipinski definition) is 0. The maximum atomic E-state index is 13.1. The van der Waals surface area contributed by atoms with Gasteiger partial charge in [-0.05, 0) is 23.8 Å². The van der Waals surface area contributed by atoms with Gasteiger partial charge < -0.3 is 0 Å². The molecule has 0 nitrogen and oxygen atoms in total. The second-order valence-electron chi connectivity index (χ2n) is 3.68. The van der Waals surface area contributed by atoms with Crippen molar-refractivity contribution in [2.45, 2.75) is 6.18 Å². The monoisotopic (exact) mass is 274 g/mol. The maximum absolute atomic E-state index is 13.1. The first-order valence-corrected chi connectivity index (χ1v) is 5.39. The average Bonchev–Trinajstić information content (AvgIpc) is 2.27. The standard InChI is InChI=1S/C13H7ClF4/c14-12-10(8-3-1-4-9(15)7-8)5-2-6-11(12)13(16,17)18/h1-7H. The number of alkyl halides is 3. The first kappa shape index (κ1) is 12.9. The molecule has 0 fully saturated rings. The Morgan fingerprint density at radius 1 is 0.944 bits per heavy atom. The second-order valence-corrected chi connectivity index (χ2v) is 4.05.